The highest BCUT2D eigenvalue weighted by molar-refractivity contribution is 7.89. The van der Waals surface area contributed by atoms with Crippen LogP contribution in [0.1, 0.15) is 10.4 Å². The lowest BCUT2D eigenvalue weighted by atomic mass is 10.2. The van der Waals surface area contributed by atoms with Gasteiger partial charge in [-0.05, 0) is 43.8 Å². The normalized spacial score (nSPS) is 12.8. The molecule has 2 aromatic rings. The number of hydrogen-bond acceptors (Lipinski definition) is 4. The molecule has 1 unspecified atom stereocenters. The third kappa shape index (κ3) is 5.52. The van der Waals surface area contributed by atoms with Crippen molar-refractivity contribution in [3.8, 4) is 0 Å². The Bertz CT molecular complexity index is 865. The van der Waals surface area contributed by atoms with Crippen molar-refractivity contribution in [1.82, 2.24) is 4.72 Å². The Morgan fingerprint density at radius 3 is 2.60 bits per heavy atom. The molecule has 1 amide bonds. The highest BCUT2D eigenvalue weighted by Crippen LogP contribution is 2.21. The predicted octanol–water partition coefficient (Wildman–Crippen LogP) is 1.27. The zero-order valence-corrected chi connectivity index (χ0v) is 16.6. The summed E-state index contributed by atoms with van der Waals surface area (Å²) in [5, 5.41) is 2.75. The quantitative estimate of drug-likeness (QED) is 0.652. The molecule has 0 bridgehead atoms. The van der Waals surface area contributed by atoms with E-state index in [1.54, 1.807) is 19.1 Å². The van der Waals surface area contributed by atoms with Crippen molar-refractivity contribution in [2.24, 2.45) is 0 Å². The first-order valence-electron chi connectivity index (χ1n) is 7.61. The Labute approximate surface area is 156 Å². The van der Waals surface area contributed by atoms with Crippen LogP contribution in [0, 0.1) is 6.92 Å². The summed E-state index contributed by atoms with van der Waals surface area (Å²) >= 11 is 7.40. The Hall–Kier alpha value is -1.45. The van der Waals surface area contributed by atoms with Gasteiger partial charge in [-0.2, -0.15) is 0 Å². The van der Waals surface area contributed by atoms with Crippen LogP contribution >= 0.6 is 22.9 Å². The standard InChI is InChI=1S/C16H20ClN3O3S2/c1-11-4-5-12(8-14(11)25(22,23)18-2)19-16(21)10-20(3)9-13-6-7-15(17)24-13/h4-8,18H,9-10H2,1-3H3,(H,19,21)/p+1. The fourth-order valence-electron chi connectivity index (χ4n) is 2.36. The summed E-state index contributed by atoms with van der Waals surface area (Å²) in [6, 6.07) is 8.61. The molecule has 1 aromatic carbocycles. The maximum atomic E-state index is 12.2. The second-order valence-electron chi connectivity index (χ2n) is 5.75. The summed E-state index contributed by atoms with van der Waals surface area (Å²) in [6.45, 7) is 2.66. The van der Waals surface area contributed by atoms with Gasteiger partial charge in [-0.3, -0.25) is 4.79 Å². The van der Waals surface area contributed by atoms with Crippen molar-refractivity contribution >= 4 is 44.6 Å². The van der Waals surface area contributed by atoms with Crippen molar-refractivity contribution in [3.05, 3.63) is 45.1 Å². The topological polar surface area (TPSA) is 79.7 Å². The third-order valence-corrected chi connectivity index (χ3v) is 6.38. The van der Waals surface area contributed by atoms with Crippen LogP contribution in [-0.4, -0.2) is 35.0 Å². The molecule has 1 heterocycles. The predicted molar refractivity (Wildman–Crippen MR) is 101 cm³/mol. The summed E-state index contributed by atoms with van der Waals surface area (Å²) in [7, 11) is -0.294. The first kappa shape index (κ1) is 19.9. The van der Waals surface area contributed by atoms with Crippen LogP contribution in [0.25, 0.3) is 0 Å². The fraction of sp³-hybridized carbons (Fsp3) is 0.312. The maximum absolute atomic E-state index is 12.2. The van der Waals surface area contributed by atoms with Gasteiger partial charge in [0.1, 0.15) is 6.54 Å². The van der Waals surface area contributed by atoms with Gasteiger partial charge in [0, 0.05) is 5.69 Å². The van der Waals surface area contributed by atoms with Gasteiger partial charge in [-0.1, -0.05) is 17.7 Å². The lowest BCUT2D eigenvalue weighted by Gasteiger charge is -2.14. The minimum atomic E-state index is -3.57. The number of amides is 1. The van der Waals surface area contributed by atoms with E-state index >= 15 is 0 Å². The summed E-state index contributed by atoms with van der Waals surface area (Å²) in [4.78, 5) is 14.5. The number of hydrogen-bond donors (Lipinski definition) is 3. The van der Waals surface area contributed by atoms with Crippen LogP contribution in [-0.2, 0) is 21.4 Å². The number of likely N-dealkylation sites (N-methyl/N-ethyl adjacent to an activating group) is 1. The van der Waals surface area contributed by atoms with Crippen LogP contribution in [0.2, 0.25) is 4.34 Å². The van der Waals surface area contributed by atoms with Crippen LogP contribution in [0.15, 0.2) is 35.2 Å². The molecule has 9 heteroatoms. The van der Waals surface area contributed by atoms with Crippen molar-refractivity contribution in [1.29, 1.82) is 0 Å². The first-order chi connectivity index (χ1) is 11.7. The minimum absolute atomic E-state index is 0.154. The molecule has 2 rings (SSSR count). The molecule has 3 N–H and O–H groups in total. The molecule has 0 aliphatic carbocycles. The largest absolute Gasteiger partial charge is 0.325 e. The van der Waals surface area contributed by atoms with E-state index in [2.05, 4.69) is 10.0 Å². The first-order valence-corrected chi connectivity index (χ1v) is 10.3. The number of halogens is 1. The lowest BCUT2D eigenvalue weighted by Crippen LogP contribution is -3.08. The Balaban J connectivity index is 2.01. The van der Waals surface area contributed by atoms with E-state index in [0.29, 0.717) is 17.8 Å². The van der Waals surface area contributed by atoms with Crippen molar-refractivity contribution in [2.45, 2.75) is 18.4 Å². The third-order valence-electron chi connectivity index (χ3n) is 3.60. The molecule has 0 aliphatic rings. The van der Waals surface area contributed by atoms with Gasteiger partial charge >= 0.3 is 0 Å². The summed E-state index contributed by atoms with van der Waals surface area (Å²) in [5.41, 5.74) is 1.07. The molecule has 0 saturated carbocycles. The molecule has 6 nitrogen and oxygen atoms in total. The average molecular weight is 403 g/mol. The second kappa shape index (κ2) is 8.29. The Kier molecular flexibility index (Phi) is 6.59. The van der Waals surface area contributed by atoms with Crippen LogP contribution in [0.3, 0.4) is 0 Å². The number of anilines is 1. The summed E-state index contributed by atoms with van der Waals surface area (Å²) < 4.78 is 27.0. The van der Waals surface area contributed by atoms with E-state index in [0.717, 1.165) is 14.1 Å². The van der Waals surface area contributed by atoms with E-state index in [4.69, 9.17) is 11.6 Å². The highest BCUT2D eigenvalue weighted by atomic mass is 35.5. The number of thiophene rings is 1. The lowest BCUT2D eigenvalue weighted by molar-refractivity contribution is -0.884. The monoisotopic (exact) mass is 402 g/mol. The highest BCUT2D eigenvalue weighted by Gasteiger charge is 2.17. The van der Waals surface area contributed by atoms with Gasteiger partial charge in [0.05, 0.1) is 21.2 Å². The molecule has 0 fully saturated rings. The summed E-state index contributed by atoms with van der Waals surface area (Å²) in [5.74, 6) is -0.184. The average Bonchev–Trinajstić information content (AvgIpc) is 2.93. The second-order valence-corrected chi connectivity index (χ2v) is 9.41. The number of rotatable bonds is 7. The molecule has 136 valence electrons. The van der Waals surface area contributed by atoms with Gasteiger partial charge in [0.2, 0.25) is 10.0 Å². The molecular formula is C16H21ClN3O3S2+. The van der Waals surface area contributed by atoms with Crippen molar-refractivity contribution in [3.63, 3.8) is 0 Å². The van der Waals surface area contributed by atoms with E-state index in [9.17, 15) is 13.2 Å². The SMILES string of the molecule is CNS(=O)(=O)c1cc(NC(=O)C[NH+](C)Cc2ccc(Cl)s2)ccc1C. The number of sulfonamides is 1. The van der Waals surface area contributed by atoms with Crippen LogP contribution < -0.4 is 14.9 Å². The van der Waals surface area contributed by atoms with E-state index in [1.165, 1.54) is 24.5 Å². The molecule has 0 saturated heterocycles. The fourth-order valence-corrected chi connectivity index (χ4v) is 4.56. The maximum Gasteiger partial charge on any atom is 0.279 e. The number of carbonyl (C=O) groups excluding carboxylic acids is 1. The van der Waals surface area contributed by atoms with Gasteiger partial charge in [0.15, 0.2) is 6.54 Å². The number of aryl methyl sites for hydroxylation is 1. The molecular weight excluding hydrogens is 382 g/mol. The molecule has 25 heavy (non-hydrogen) atoms. The minimum Gasteiger partial charge on any atom is -0.325 e. The Morgan fingerprint density at radius 1 is 1.28 bits per heavy atom. The van der Waals surface area contributed by atoms with Gasteiger partial charge < -0.3 is 10.2 Å². The molecule has 0 spiro atoms. The number of benzene rings is 1. The zero-order valence-electron chi connectivity index (χ0n) is 14.2. The number of quaternary nitrogens is 1. The van der Waals surface area contributed by atoms with Crippen molar-refractivity contribution < 1.29 is 18.1 Å². The van der Waals surface area contributed by atoms with Gasteiger partial charge in [0.25, 0.3) is 5.91 Å². The van der Waals surface area contributed by atoms with Crippen LogP contribution in [0.5, 0.6) is 0 Å². The number of carbonyl (C=O) groups is 1. The Morgan fingerprint density at radius 2 is 2.00 bits per heavy atom. The summed E-state index contributed by atoms with van der Waals surface area (Å²) in [6.07, 6.45) is 0. The van der Waals surface area contributed by atoms with E-state index in [1.807, 2.05) is 19.2 Å². The van der Waals surface area contributed by atoms with E-state index in [-0.39, 0.29) is 17.3 Å². The molecule has 0 radical (unpaired) electrons. The molecule has 1 atom stereocenters. The van der Waals surface area contributed by atoms with Gasteiger partial charge in [-0.15, -0.1) is 11.3 Å². The van der Waals surface area contributed by atoms with Crippen molar-refractivity contribution in [2.75, 3.05) is 26.0 Å². The van der Waals surface area contributed by atoms with Gasteiger partial charge in [-0.25, -0.2) is 13.1 Å². The smallest absolute Gasteiger partial charge is 0.279 e. The zero-order chi connectivity index (χ0) is 18.6. The van der Waals surface area contributed by atoms with Crippen LogP contribution in [0.4, 0.5) is 5.69 Å². The molecule has 1 aromatic heterocycles. The molecule has 0 aliphatic heterocycles. The number of nitrogens with one attached hydrogen (secondary N) is 3. The van der Waals surface area contributed by atoms with E-state index < -0.39 is 10.0 Å².